The number of nitrogens with one attached hydrogen (secondary N) is 1. The Balaban J connectivity index is 1.86. The van der Waals surface area contributed by atoms with Crippen LogP contribution in [0.1, 0.15) is 38.2 Å². The van der Waals surface area contributed by atoms with Crippen molar-refractivity contribution in [2.24, 2.45) is 0 Å². The first-order chi connectivity index (χ1) is 8.92. The molecule has 1 aromatic rings. The minimum atomic E-state index is -0.621. The molecule has 0 atom stereocenters. The van der Waals surface area contributed by atoms with E-state index in [1.807, 2.05) is 26.0 Å². The smallest absolute Gasteiger partial charge is 0.325 e. The van der Waals surface area contributed by atoms with Gasteiger partial charge in [-0.2, -0.15) is 0 Å². The molecule has 0 unspecified atom stereocenters. The van der Waals surface area contributed by atoms with Crippen molar-refractivity contribution in [3.63, 3.8) is 0 Å². The van der Waals surface area contributed by atoms with Crippen LogP contribution in [0, 0.1) is 0 Å². The van der Waals surface area contributed by atoms with Gasteiger partial charge in [-0.25, -0.2) is 0 Å². The number of hydrogen-bond acceptors (Lipinski definition) is 3. The summed E-state index contributed by atoms with van der Waals surface area (Å²) >= 11 is 5.88. The lowest BCUT2D eigenvalue weighted by atomic mass is 9.75. The number of halogens is 1. The number of carbonyl (C=O) groups excluding carboxylic acids is 1. The first-order valence-electron chi connectivity index (χ1n) is 6.54. The molecule has 0 heterocycles. The van der Waals surface area contributed by atoms with Crippen molar-refractivity contribution in [1.82, 2.24) is 5.32 Å². The third-order valence-electron chi connectivity index (χ3n) is 3.74. The van der Waals surface area contributed by atoms with Gasteiger partial charge in [-0.05, 0) is 50.3 Å². The lowest BCUT2D eigenvalue weighted by Gasteiger charge is -2.40. The Bertz CT molecular complexity index is 450. The summed E-state index contributed by atoms with van der Waals surface area (Å²) in [4.78, 5) is 11.6. The molecule has 0 amide bonds. The Hall–Kier alpha value is -1.06. The van der Waals surface area contributed by atoms with Crippen LogP contribution in [-0.4, -0.2) is 24.7 Å². The van der Waals surface area contributed by atoms with E-state index >= 15 is 0 Å². The highest BCUT2D eigenvalue weighted by molar-refractivity contribution is 6.30. The van der Waals surface area contributed by atoms with E-state index in [4.69, 9.17) is 16.3 Å². The van der Waals surface area contributed by atoms with Gasteiger partial charge < -0.3 is 4.74 Å². The minimum Gasteiger partial charge on any atom is -0.468 e. The van der Waals surface area contributed by atoms with E-state index in [1.165, 1.54) is 12.7 Å². The molecular formula is C15H20ClNO2. The van der Waals surface area contributed by atoms with Crippen LogP contribution in [0.15, 0.2) is 24.3 Å². The van der Waals surface area contributed by atoms with Crippen molar-refractivity contribution in [2.75, 3.05) is 7.11 Å². The molecule has 1 fully saturated rings. The summed E-state index contributed by atoms with van der Waals surface area (Å²) in [5.74, 6) is 0.339. The second-order valence-corrected chi connectivity index (χ2v) is 6.11. The Morgan fingerprint density at radius 3 is 2.42 bits per heavy atom. The quantitative estimate of drug-likeness (QED) is 0.862. The van der Waals surface area contributed by atoms with Crippen molar-refractivity contribution < 1.29 is 9.53 Å². The van der Waals surface area contributed by atoms with Crippen molar-refractivity contribution in [3.8, 4) is 0 Å². The Labute approximate surface area is 119 Å². The number of benzene rings is 1. The molecule has 1 aromatic carbocycles. The average molecular weight is 282 g/mol. The molecule has 0 bridgehead atoms. The Morgan fingerprint density at radius 1 is 1.32 bits per heavy atom. The molecule has 2 rings (SSSR count). The van der Waals surface area contributed by atoms with Gasteiger partial charge in [0.1, 0.15) is 5.54 Å². The summed E-state index contributed by atoms with van der Waals surface area (Å²) in [6, 6.07) is 8.38. The lowest BCUT2D eigenvalue weighted by molar-refractivity contribution is -0.147. The summed E-state index contributed by atoms with van der Waals surface area (Å²) in [5.41, 5.74) is 0.697. The first kappa shape index (κ1) is 14.4. The van der Waals surface area contributed by atoms with Crippen LogP contribution in [0.25, 0.3) is 0 Å². The summed E-state index contributed by atoms with van der Waals surface area (Å²) < 4.78 is 4.79. The highest BCUT2D eigenvalue weighted by Crippen LogP contribution is 2.38. The summed E-state index contributed by atoms with van der Waals surface area (Å²) in [6.45, 7) is 3.71. The molecule has 1 saturated carbocycles. The average Bonchev–Trinajstić information content (AvgIpc) is 2.33. The van der Waals surface area contributed by atoms with E-state index in [-0.39, 0.29) is 5.97 Å². The second-order valence-electron chi connectivity index (χ2n) is 5.68. The molecule has 0 saturated heterocycles. The molecule has 3 nitrogen and oxygen atoms in total. The maximum Gasteiger partial charge on any atom is 0.325 e. The number of rotatable bonds is 4. The fraction of sp³-hybridized carbons (Fsp3) is 0.533. The molecule has 0 aromatic heterocycles. The second kappa shape index (κ2) is 5.51. The van der Waals surface area contributed by atoms with Gasteiger partial charge in [0.15, 0.2) is 0 Å². The largest absolute Gasteiger partial charge is 0.468 e. The Kier molecular flexibility index (Phi) is 4.16. The third kappa shape index (κ3) is 3.28. The number of ether oxygens (including phenoxy) is 1. The highest BCUT2D eigenvalue weighted by atomic mass is 35.5. The number of carbonyl (C=O) groups is 1. The summed E-state index contributed by atoms with van der Waals surface area (Å²) in [6.07, 6.45) is 2.09. The molecule has 19 heavy (non-hydrogen) atoms. The lowest BCUT2D eigenvalue weighted by Crippen LogP contribution is -2.55. The van der Waals surface area contributed by atoms with Crippen LogP contribution in [0.2, 0.25) is 5.02 Å². The van der Waals surface area contributed by atoms with E-state index in [0.717, 1.165) is 17.9 Å². The van der Waals surface area contributed by atoms with Gasteiger partial charge in [0.05, 0.1) is 7.11 Å². The molecule has 104 valence electrons. The zero-order valence-electron chi connectivity index (χ0n) is 11.6. The topological polar surface area (TPSA) is 38.3 Å². The molecule has 0 aliphatic heterocycles. The van der Waals surface area contributed by atoms with E-state index in [0.29, 0.717) is 12.0 Å². The van der Waals surface area contributed by atoms with Crippen LogP contribution in [-0.2, 0) is 9.53 Å². The fourth-order valence-electron chi connectivity index (χ4n) is 2.57. The van der Waals surface area contributed by atoms with Gasteiger partial charge in [0, 0.05) is 11.1 Å². The van der Waals surface area contributed by atoms with E-state index < -0.39 is 5.54 Å². The van der Waals surface area contributed by atoms with E-state index in [9.17, 15) is 4.79 Å². The van der Waals surface area contributed by atoms with Crippen LogP contribution in [0.5, 0.6) is 0 Å². The van der Waals surface area contributed by atoms with Crippen molar-refractivity contribution in [3.05, 3.63) is 34.9 Å². The zero-order valence-corrected chi connectivity index (χ0v) is 12.3. The number of hydrogen-bond donors (Lipinski definition) is 1. The van der Waals surface area contributed by atoms with Crippen molar-refractivity contribution >= 4 is 17.6 Å². The van der Waals surface area contributed by atoms with Crippen LogP contribution in [0.3, 0.4) is 0 Å². The molecule has 4 heteroatoms. The van der Waals surface area contributed by atoms with Gasteiger partial charge in [-0.15, -0.1) is 0 Å². The molecule has 0 spiro atoms. The normalized spacial score (nSPS) is 22.7. The van der Waals surface area contributed by atoms with Crippen LogP contribution < -0.4 is 5.32 Å². The zero-order chi connectivity index (χ0) is 14.0. The van der Waals surface area contributed by atoms with Gasteiger partial charge in [-0.3, -0.25) is 10.1 Å². The molecule has 0 radical (unpaired) electrons. The summed E-state index contributed by atoms with van der Waals surface area (Å²) in [7, 11) is 1.42. The fourth-order valence-corrected chi connectivity index (χ4v) is 2.69. The SMILES string of the molecule is COC(=O)C(C)(C)NC1CC(c2ccc(Cl)cc2)C1. The maximum absolute atomic E-state index is 11.6. The standard InChI is InChI=1S/C15H20ClNO2/c1-15(2,14(18)19-3)17-13-8-11(9-13)10-4-6-12(16)7-5-10/h4-7,11,13,17H,8-9H2,1-3H3. The number of esters is 1. The van der Waals surface area contributed by atoms with E-state index in [2.05, 4.69) is 17.4 Å². The van der Waals surface area contributed by atoms with Gasteiger partial charge in [0.25, 0.3) is 0 Å². The molecular weight excluding hydrogens is 262 g/mol. The third-order valence-corrected chi connectivity index (χ3v) is 3.99. The number of methoxy groups -OCH3 is 1. The monoisotopic (exact) mass is 281 g/mol. The Morgan fingerprint density at radius 2 is 1.89 bits per heavy atom. The van der Waals surface area contributed by atoms with Crippen LogP contribution in [0.4, 0.5) is 0 Å². The molecule has 1 aliphatic rings. The van der Waals surface area contributed by atoms with Gasteiger partial charge in [-0.1, -0.05) is 23.7 Å². The van der Waals surface area contributed by atoms with Crippen molar-refractivity contribution in [2.45, 2.75) is 44.2 Å². The van der Waals surface area contributed by atoms with E-state index in [1.54, 1.807) is 0 Å². The predicted molar refractivity (Wildman–Crippen MR) is 76.4 cm³/mol. The maximum atomic E-state index is 11.6. The first-order valence-corrected chi connectivity index (χ1v) is 6.92. The van der Waals surface area contributed by atoms with Crippen LogP contribution >= 0.6 is 11.6 Å². The molecule has 1 aliphatic carbocycles. The van der Waals surface area contributed by atoms with Gasteiger partial charge in [0.2, 0.25) is 0 Å². The molecule has 1 N–H and O–H groups in total. The highest BCUT2D eigenvalue weighted by Gasteiger charge is 2.37. The van der Waals surface area contributed by atoms with Gasteiger partial charge >= 0.3 is 5.97 Å². The predicted octanol–water partition coefficient (Wildman–Crippen LogP) is 3.13. The summed E-state index contributed by atoms with van der Waals surface area (Å²) in [5, 5.41) is 4.12. The van der Waals surface area contributed by atoms with Crippen molar-refractivity contribution in [1.29, 1.82) is 0 Å². The minimum absolute atomic E-state index is 0.220.